The molecule has 1 fully saturated rings. The topological polar surface area (TPSA) is 78.9 Å². The molecule has 25 heavy (non-hydrogen) atoms. The highest BCUT2D eigenvalue weighted by molar-refractivity contribution is 6.15. The Morgan fingerprint density at radius 3 is 1.76 bits per heavy atom. The average Bonchev–Trinajstić information content (AvgIpc) is 3.19. The monoisotopic (exact) mass is 352 g/mol. The fraction of sp³-hybridized carbons (Fsp3) is 0.500. The summed E-state index contributed by atoms with van der Waals surface area (Å²) in [5.74, 6) is -4.89. The van der Waals surface area contributed by atoms with E-state index < -0.39 is 34.9 Å². The summed E-state index contributed by atoms with van der Waals surface area (Å²) in [6, 6.07) is 8.03. The van der Waals surface area contributed by atoms with Crippen LogP contribution in [0.25, 0.3) is 0 Å². The molecule has 1 aromatic carbocycles. The second-order valence-electron chi connectivity index (χ2n) is 5.52. The first-order valence-electron chi connectivity index (χ1n) is 8.18. The molecule has 1 aliphatic carbocycles. The highest BCUT2D eigenvalue weighted by Gasteiger charge is 2.93. The Morgan fingerprint density at radius 1 is 0.880 bits per heavy atom. The van der Waals surface area contributed by atoms with Crippen LogP contribution in [0.3, 0.4) is 0 Å². The second-order valence-corrected chi connectivity index (χ2v) is 5.52. The summed E-state index contributed by atoms with van der Waals surface area (Å²) in [6.45, 7) is 4.34. The summed E-state index contributed by atoms with van der Waals surface area (Å²) in [4.78, 5) is 37.5. The molecular weight excluding hydrogens is 331 g/mol. The van der Waals surface area contributed by atoms with Crippen LogP contribution in [0, 0.1) is 5.41 Å². The van der Waals surface area contributed by atoms with Gasteiger partial charge >= 0.3 is 17.9 Å². The molecule has 0 N–H and O–H groups in total. The fourth-order valence-electron chi connectivity index (χ4n) is 3.19. The summed E-state index contributed by atoms with van der Waals surface area (Å²) < 4.78 is 30.5. The van der Waals surface area contributed by atoms with Crippen molar-refractivity contribution in [2.75, 3.05) is 19.8 Å². The maximum atomic E-state index is 15.8. The number of carbonyl (C=O) groups is 3. The van der Waals surface area contributed by atoms with Crippen LogP contribution in [-0.4, -0.2) is 43.4 Å². The largest absolute Gasteiger partial charge is 0.465 e. The zero-order valence-corrected chi connectivity index (χ0v) is 14.4. The molecule has 0 aliphatic heterocycles. The smallest absolute Gasteiger partial charge is 0.346 e. The maximum absolute atomic E-state index is 15.8. The molecule has 0 saturated heterocycles. The van der Waals surface area contributed by atoms with Gasteiger partial charge in [0.05, 0.1) is 25.7 Å². The minimum absolute atomic E-state index is 0.0690. The second kappa shape index (κ2) is 7.21. The third-order valence-electron chi connectivity index (χ3n) is 4.22. The molecule has 136 valence electrons. The van der Waals surface area contributed by atoms with Crippen LogP contribution >= 0.6 is 0 Å². The predicted octanol–water partition coefficient (Wildman–Crippen LogP) is 2.17. The fourth-order valence-corrected chi connectivity index (χ4v) is 3.19. The number of alkyl halides is 1. The van der Waals surface area contributed by atoms with Gasteiger partial charge in [0, 0.05) is 0 Å². The Morgan fingerprint density at radius 2 is 1.32 bits per heavy atom. The molecule has 6 nitrogen and oxygen atoms in total. The minimum atomic E-state index is -2.87. The molecule has 2 rings (SSSR count). The summed E-state index contributed by atoms with van der Waals surface area (Å²) in [6.07, 6.45) is 0. The molecule has 1 aliphatic rings. The lowest BCUT2D eigenvalue weighted by Crippen LogP contribution is -2.40. The third kappa shape index (κ3) is 2.67. The minimum Gasteiger partial charge on any atom is -0.465 e. The number of esters is 3. The third-order valence-corrected chi connectivity index (χ3v) is 4.22. The number of hydrogen-bond acceptors (Lipinski definition) is 6. The zero-order valence-electron chi connectivity index (χ0n) is 14.4. The van der Waals surface area contributed by atoms with Gasteiger partial charge in [-0.3, -0.25) is 9.59 Å². The SMILES string of the molecule is CCOC(=O)C1(F)C(c2ccccc2)C1(C(=O)OCC)C(=O)OCC. The Bertz CT molecular complexity index is 641. The van der Waals surface area contributed by atoms with E-state index in [0.717, 1.165) is 0 Å². The number of benzene rings is 1. The number of rotatable bonds is 7. The van der Waals surface area contributed by atoms with E-state index in [1.54, 1.807) is 30.3 Å². The standard InChI is InChI=1S/C18H21FO6/c1-4-23-14(20)17(15(21)24-5-2)13(12-10-8-7-9-11-12)18(17,19)16(22)25-6-3/h7-11,13H,4-6H2,1-3H3. The molecule has 1 saturated carbocycles. The Balaban J connectivity index is 2.61. The first kappa shape index (κ1) is 18.9. The lowest BCUT2D eigenvalue weighted by Gasteiger charge is -2.16. The molecule has 2 atom stereocenters. The number of carbonyl (C=O) groups excluding carboxylic acids is 3. The highest BCUT2D eigenvalue weighted by Crippen LogP contribution is 2.72. The van der Waals surface area contributed by atoms with Crippen molar-refractivity contribution in [3.63, 3.8) is 0 Å². The van der Waals surface area contributed by atoms with Crippen molar-refractivity contribution in [3.05, 3.63) is 35.9 Å². The van der Waals surface area contributed by atoms with Crippen molar-refractivity contribution in [1.29, 1.82) is 0 Å². The van der Waals surface area contributed by atoms with Crippen molar-refractivity contribution in [2.45, 2.75) is 32.4 Å². The normalized spacial score (nSPS) is 23.4. The quantitative estimate of drug-likeness (QED) is 0.425. The zero-order chi connectivity index (χ0) is 18.7. The van der Waals surface area contributed by atoms with Crippen LogP contribution in [0.15, 0.2) is 30.3 Å². The van der Waals surface area contributed by atoms with Gasteiger partial charge in [0.25, 0.3) is 0 Å². The van der Waals surface area contributed by atoms with Gasteiger partial charge in [-0.1, -0.05) is 30.3 Å². The van der Waals surface area contributed by atoms with Crippen molar-refractivity contribution in [1.82, 2.24) is 0 Å². The lowest BCUT2D eigenvalue weighted by molar-refractivity contribution is -0.172. The van der Waals surface area contributed by atoms with Gasteiger partial charge in [-0.15, -0.1) is 0 Å². The van der Waals surface area contributed by atoms with Gasteiger partial charge < -0.3 is 14.2 Å². The molecular formula is C18H21FO6. The van der Waals surface area contributed by atoms with E-state index in [1.807, 2.05) is 0 Å². The van der Waals surface area contributed by atoms with E-state index in [0.29, 0.717) is 5.56 Å². The Kier molecular flexibility index (Phi) is 5.45. The molecule has 0 spiro atoms. The first-order chi connectivity index (χ1) is 11.9. The number of ether oxygens (including phenoxy) is 3. The van der Waals surface area contributed by atoms with Crippen LogP contribution in [0.4, 0.5) is 4.39 Å². The molecule has 0 bridgehead atoms. The Labute approximate surface area is 145 Å². The van der Waals surface area contributed by atoms with Gasteiger partial charge in [-0.2, -0.15) is 0 Å². The van der Waals surface area contributed by atoms with E-state index >= 15 is 4.39 Å². The maximum Gasteiger partial charge on any atom is 0.346 e. The predicted molar refractivity (Wildman–Crippen MR) is 85.4 cm³/mol. The molecule has 7 heteroatoms. The van der Waals surface area contributed by atoms with Crippen molar-refractivity contribution >= 4 is 17.9 Å². The Hall–Kier alpha value is -2.44. The van der Waals surface area contributed by atoms with E-state index in [2.05, 4.69) is 0 Å². The molecule has 0 heterocycles. The lowest BCUT2D eigenvalue weighted by atomic mass is 9.98. The number of halogens is 1. The van der Waals surface area contributed by atoms with E-state index in [9.17, 15) is 14.4 Å². The van der Waals surface area contributed by atoms with Gasteiger partial charge in [0.1, 0.15) is 0 Å². The van der Waals surface area contributed by atoms with Crippen molar-refractivity contribution in [2.24, 2.45) is 5.41 Å². The molecule has 0 amide bonds. The molecule has 2 unspecified atom stereocenters. The summed E-state index contributed by atoms with van der Waals surface area (Å²) >= 11 is 0. The first-order valence-corrected chi connectivity index (χ1v) is 8.18. The molecule has 0 radical (unpaired) electrons. The van der Waals surface area contributed by atoms with Gasteiger partial charge in [0.15, 0.2) is 0 Å². The van der Waals surface area contributed by atoms with Gasteiger partial charge in [-0.25, -0.2) is 9.18 Å². The van der Waals surface area contributed by atoms with Crippen LogP contribution < -0.4 is 0 Å². The average molecular weight is 352 g/mol. The summed E-state index contributed by atoms with van der Waals surface area (Å²) in [7, 11) is 0. The van der Waals surface area contributed by atoms with Crippen LogP contribution in [0.5, 0.6) is 0 Å². The van der Waals surface area contributed by atoms with Crippen LogP contribution in [0.2, 0.25) is 0 Å². The van der Waals surface area contributed by atoms with Crippen LogP contribution in [-0.2, 0) is 28.6 Å². The van der Waals surface area contributed by atoms with Crippen molar-refractivity contribution < 1.29 is 33.0 Å². The summed E-state index contributed by atoms with van der Waals surface area (Å²) in [5.41, 5.74) is -4.95. The number of hydrogen-bond donors (Lipinski definition) is 0. The van der Waals surface area contributed by atoms with Crippen molar-refractivity contribution in [3.8, 4) is 0 Å². The van der Waals surface area contributed by atoms with Gasteiger partial charge in [0.2, 0.25) is 11.1 Å². The van der Waals surface area contributed by atoms with E-state index in [-0.39, 0.29) is 19.8 Å². The highest BCUT2D eigenvalue weighted by atomic mass is 19.1. The summed E-state index contributed by atoms with van der Waals surface area (Å²) in [5, 5.41) is 0. The van der Waals surface area contributed by atoms with Crippen LogP contribution in [0.1, 0.15) is 32.3 Å². The molecule has 1 aromatic rings. The van der Waals surface area contributed by atoms with Gasteiger partial charge in [-0.05, 0) is 26.3 Å². The van der Waals surface area contributed by atoms with E-state index in [4.69, 9.17) is 14.2 Å². The molecule has 0 aromatic heterocycles. The van der Waals surface area contributed by atoms with E-state index in [1.165, 1.54) is 20.8 Å².